The summed E-state index contributed by atoms with van der Waals surface area (Å²) in [6, 6.07) is 0. The summed E-state index contributed by atoms with van der Waals surface area (Å²) in [4.78, 5) is 9.97. The molecule has 0 radical (unpaired) electrons. The number of hydrazine groups is 1. The Kier molecular flexibility index (Phi) is 3.50. The van der Waals surface area contributed by atoms with Crippen LogP contribution in [0.2, 0.25) is 0 Å². The highest BCUT2D eigenvalue weighted by Crippen LogP contribution is 2.29. The number of hydrogen-bond acceptors (Lipinski definition) is 7. The van der Waals surface area contributed by atoms with Gasteiger partial charge in [0.25, 0.3) is 0 Å². The lowest BCUT2D eigenvalue weighted by molar-refractivity contribution is 0.586. The lowest BCUT2D eigenvalue weighted by Gasteiger charge is -2.28. The van der Waals surface area contributed by atoms with Crippen molar-refractivity contribution >= 4 is 37.4 Å². The van der Waals surface area contributed by atoms with E-state index in [9.17, 15) is 8.42 Å². The average molecular weight is 322 g/mol. The first-order chi connectivity index (χ1) is 8.03. The van der Waals surface area contributed by atoms with E-state index < -0.39 is 9.84 Å². The zero-order valence-corrected chi connectivity index (χ0v) is 11.3. The van der Waals surface area contributed by atoms with E-state index in [-0.39, 0.29) is 11.5 Å². The van der Waals surface area contributed by atoms with Crippen molar-refractivity contribution < 1.29 is 8.42 Å². The maximum Gasteiger partial charge on any atom is 0.159 e. The third-order valence-corrected chi connectivity index (χ3v) is 4.89. The van der Waals surface area contributed by atoms with Crippen LogP contribution >= 0.6 is 15.9 Å². The fraction of sp³-hybridized carbons (Fsp3) is 0.500. The van der Waals surface area contributed by atoms with Crippen molar-refractivity contribution in [3.05, 3.63) is 10.8 Å². The van der Waals surface area contributed by atoms with Crippen molar-refractivity contribution in [2.45, 2.75) is 0 Å². The Labute approximate surface area is 107 Å². The Morgan fingerprint density at radius 2 is 2.00 bits per heavy atom. The molecule has 0 spiro atoms. The monoisotopic (exact) mass is 321 g/mol. The molecule has 0 bridgehead atoms. The van der Waals surface area contributed by atoms with Crippen LogP contribution in [0.1, 0.15) is 0 Å². The standard InChI is InChI=1S/C8H12BrN5O2S/c9-6-7(13-10)11-5-12-8(6)14-1-3-17(15,16)4-2-14/h5H,1-4,10H2,(H,11,12,13). The molecule has 9 heteroatoms. The zero-order chi connectivity index (χ0) is 12.5. The van der Waals surface area contributed by atoms with Crippen molar-refractivity contribution in [3.8, 4) is 0 Å². The van der Waals surface area contributed by atoms with Gasteiger partial charge in [-0.2, -0.15) is 0 Å². The first-order valence-corrected chi connectivity index (χ1v) is 7.57. The molecule has 1 aromatic heterocycles. The second kappa shape index (κ2) is 4.75. The zero-order valence-electron chi connectivity index (χ0n) is 8.93. The highest BCUT2D eigenvalue weighted by Gasteiger charge is 2.24. The predicted octanol–water partition coefficient (Wildman–Crippen LogP) is -0.241. The van der Waals surface area contributed by atoms with Gasteiger partial charge < -0.3 is 10.3 Å². The maximum absolute atomic E-state index is 11.3. The van der Waals surface area contributed by atoms with E-state index in [0.29, 0.717) is 29.2 Å². The quantitative estimate of drug-likeness (QED) is 0.572. The summed E-state index contributed by atoms with van der Waals surface area (Å²) in [7, 11) is -2.89. The van der Waals surface area contributed by atoms with Crippen molar-refractivity contribution in [2.24, 2.45) is 5.84 Å². The number of nitrogen functional groups attached to an aromatic ring is 1. The molecule has 17 heavy (non-hydrogen) atoms. The molecule has 1 saturated heterocycles. The van der Waals surface area contributed by atoms with E-state index in [0.717, 1.165) is 0 Å². The Bertz CT molecular complexity index is 507. The molecule has 94 valence electrons. The highest BCUT2D eigenvalue weighted by atomic mass is 79.9. The molecule has 3 N–H and O–H groups in total. The fourth-order valence-electron chi connectivity index (χ4n) is 1.61. The van der Waals surface area contributed by atoms with Crippen molar-refractivity contribution in [2.75, 3.05) is 34.9 Å². The van der Waals surface area contributed by atoms with Gasteiger partial charge in [-0.15, -0.1) is 0 Å². The van der Waals surface area contributed by atoms with E-state index in [2.05, 4.69) is 31.3 Å². The summed E-state index contributed by atoms with van der Waals surface area (Å²) < 4.78 is 23.3. The first kappa shape index (κ1) is 12.5. The number of halogens is 1. The lowest BCUT2D eigenvalue weighted by Crippen LogP contribution is -2.41. The molecule has 0 saturated carbocycles. The van der Waals surface area contributed by atoms with E-state index >= 15 is 0 Å². The maximum atomic E-state index is 11.3. The van der Waals surface area contributed by atoms with Gasteiger partial charge in [0.1, 0.15) is 16.6 Å². The van der Waals surface area contributed by atoms with Gasteiger partial charge in [-0.1, -0.05) is 0 Å². The van der Waals surface area contributed by atoms with Gasteiger partial charge in [0, 0.05) is 13.1 Å². The second-order valence-electron chi connectivity index (χ2n) is 3.64. The Hall–Kier alpha value is -0.930. The van der Waals surface area contributed by atoms with Crippen molar-refractivity contribution in [1.82, 2.24) is 9.97 Å². The van der Waals surface area contributed by atoms with Gasteiger partial charge in [0.2, 0.25) is 0 Å². The third-order valence-electron chi connectivity index (χ3n) is 2.55. The molecular weight excluding hydrogens is 310 g/mol. The summed E-state index contributed by atoms with van der Waals surface area (Å²) in [5.41, 5.74) is 2.45. The molecule has 0 atom stereocenters. The van der Waals surface area contributed by atoms with Gasteiger partial charge in [0.15, 0.2) is 15.7 Å². The molecule has 1 fully saturated rings. The molecule has 0 amide bonds. The highest BCUT2D eigenvalue weighted by molar-refractivity contribution is 9.10. The predicted molar refractivity (Wildman–Crippen MR) is 68.4 cm³/mol. The largest absolute Gasteiger partial charge is 0.353 e. The van der Waals surface area contributed by atoms with Gasteiger partial charge >= 0.3 is 0 Å². The number of anilines is 2. The van der Waals surface area contributed by atoms with Gasteiger partial charge in [-0.05, 0) is 15.9 Å². The molecule has 0 unspecified atom stereocenters. The fourth-order valence-corrected chi connectivity index (χ4v) is 3.38. The normalized spacial score (nSPS) is 19.1. The van der Waals surface area contributed by atoms with Crippen LogP contribution in [0.3, 0.4) is 0 Å². The summed E-state index contributed by atoms with van der Waals surface area (Å²) >= 11 is 3.35. The summed E-state index contributed by atoms with van der Waals surface area (Å²) in [6.45, 7) is 0.865. The van der Waals surface area contributed by atoms with Crippen molar-refractivity contribution in [1.29, 1.82) is 0 Å². The number of nitrogens with one attached hydrogen (secondary N) is 1. The minimum Gasteiger partial charge on any atom is -0.353 e. The van der Waals surface area contributed by atoms with Crippen LogP contribution < -0.4 is 16.2 Å². The van der Waals surface area contributed by atoms with Crippen LogP contribution in [-0.2, 0) is 9.84 Å². The number of nitrogens with zero attached hydrogens (tertiary/aromatic N) is 3. The SMILES string of the molecule is NNc1ncnc(N2CCS(=O)(=O)CC2)c1Br. The molecule has 1 aromatic rings. The number of hydrogen-bond donors (Lipinski definition) is 2. The van der Waals surface area contributed by atoms with Gasteiger partial charge in [-0.3, -0.25) is 0 Å². The average Bonchev–Trinajstić information content (AvgIpc) is 2.30. The molecule has 2 rings (SSSR count). The minimum atomic E-state index is -2.89. The summed E-state index contributed by atoms with van der Waals surface area (Å²) in [5, 5.41) is 0. The second-order valence-corrected chi connectivity index (χ2v) is 6.74. The molecule has 0 aromatic carbocycles. The number of aromatic nitrogens is 2. The molecule has 1 aliphatic rings. The molecule has 0 aliphatic carbocycles. The smallest absolute Gasteiger partial charge is 0.159 e. The topological polar surface area (TPSA) is 101 Å². The van der Waals surface area contributed by atoms with Crippen LogP contribution in [0.4, 0.5) is 11.6 Å². The Balaban J connectivity index is 2.24. The number of sulfone groups is 1. The van der Waals surface area contributed by atoms with Crippen LogP contribution in [0, 0.1) is 0 Å². The van der Waals surface area contributed by atoms with Gasteiger partial charge in [0.05, 0.1) is 11.5 Å². The third kappa shape index (κ3) is 2.67. The summed E-state index contributed by atoms with van der Waals surface area (Å²) in [5.74, 6) is 6.73. The van der Waals surface area contributed by atoms with Crippen LogP contribution in [-0.4, -0.2) is 43.0 Å². The van der Waals surface area contributed by atoms with Crippen molar-refractivity contribution in [3.63, 3.8) is 0 Å². The van der Waals surface area contributed by atoms with E-state index in [1.54, 1.807) is 0 Å². The van der Waals surface area contributed by atoms with Gasteiger partial charge in [-0.25, -0.2) is 24.2 Å². The molecule has 1 aliphatic heterocycles. The van der Waals surface area contributed by atoms with E-state index in [4.69, 9.17) is 5.84 Å². The first-order valence-electron chi connectivity index (χ1n) is 4.96. The molecule has 7 nitrogen and oxygen atoms in total. The van der Waals surface area contributed by atoms with E-state index in [1.165, 1.54) is 6.33 Å². The minimum absolute atomic E-state index is 0.148. The number of rotatable bonds is 2. The number of nitrogens with two attached hydrogens (primary N) is 1. The van der Waals surface area contributed by atoms with E-state index in [1.807, 2.05) is 4.90 Å². The van der Waals surface area contributed by atoms with Crippen LogP contribution in [0.25, 0.3) is 0 Å². The van der Waals surface area contributed by atoms with Crippen LogP contribution in [0.5, 0.6) is 0 Å². The Morgan fingerprint density at radius 3 is 2.59 bits per heavy atom. The summed E-state index contributed by atoms with van der Waals surface area (Å²) in [6.07, 6.45) is 1.39. The molecular formula is C8H12BrN5O2S. The lowest BCUT2D eigenvalue weighted by atomic mass is 10.4. The molecule has 2 heterocycles. The Morgan fingerprint density at radius 1 is 1.35 bits per heavy atom. The van der Waals surface area contributed by atoms with Crippen LogP contribution in [0.15, 0.2) is 10.8 Å².